The quantitative estimate of drug-likeness (QED) is 0.383. The number of carbonyl (C=O) groups is 2. The van der Waals surface area contributed by atoms with Crippen molar-refractivity contribution in [3.63, 3.8) is 0 Å². The van der Waals surface area contributed by atoms with Crippen molar-refractivity contribution in [3.05, 3.63) is 54.0 Å². The van der Waals surface area contributed by atoms with Crippen LogP contribution in [0.1, 0.15) is 31.6 Å². The first-order chi connectivity index (χ1) is 14.0. The highest BCUT2D eigenvalue weighted by Gasteiger charge is 2.17. The number of carbonyl (C=O) groups excluding carboxylic acids is 2. The van der Waals surface area contributed by atoms with Crippen molar-refractivity contribution >= 4 is 40.1 Å². The number of anilines is 1. The third-order valence-electron chi connectivity index (χ3n) is 4.26. The SMILES string of the molecule is CC[C@@H]1CN=C(Nc2ccc(/C(C)=N\NC(=O)C(=O)NCc3ccco3)cc2)S1. The van der Waals surface area contributed by atoms with Crippen molar-refractivity contribution in [3.8, 4) is 0 Å². The van der Waals surface area contributed by atoms with E-state index in [0.29, 0.717) is 16.7 Å². The van der Waals surface area contributed by atoms with Gasteiger partial charge in [0.2, 0.25) is 0 Å². The number of hydrogen-bond acceptors (Lipinski definition) is 7. The molecule has 1 aliphatic rings. The van der Waals surface area contributed by atoms with E-state index < -0.39 is 11.8 Å². The zero-order valence-electron chi connectivity index (χ0n) is 16.3. The highest BCUT2D eigenvalue weighted by molar-refractivity contribution is 8.15. The van der Waals surface area contributed by atoms with E-state index in [1.54, 1.807) is 30.8 Å². The molecular weight excluding hydrogens is 390 g/mol. The van der Waals surface area contributed by atoms with Crippen molar-refractivity contribution in [2.75, 3.05) is 11.9 Å². The lowest BCUT2D eigenvalue weighted by atomic mass is 10.1. The average molecular weight is 414 g/mol. The number of hydrogen-bond donors (Lipinski definition) is 3. The summed E-state index contributed by atoms with van der Waals surface area (Å²) >= 11 is 1.76. The van der Waals surface area contributed by atoms with Crippen LogP contribution in [0, 0.1) is 0 Å². The number of nitrogens with zero attached hydrogens (tertiary/aromatic N) is 2. The molecule has 29 heavy (non-hydrogen) atoms. The van der Waals surface area contributed by atoms with Crippen LogP contribution in [0.2, 0.25) is 0 Å². The predicted octanol–water partition coefficient (Wildman–Crippen LogP) is 2.73. The van der Waals surface area contributed by atoms with Gasteiger partial charge in [-0.3, -0.25) is 14.6 Å². The summed E-state index contributed by atoms with van der Waals surface area (Å²) in [4.78, 5) is 28.1. The van der Waals surface area contributed by atoms with E-state index in [0.717, 1.165) is 29.4 Å². The summed E-state index contributed by atoms with van der Waals surface area (Å²) in [6.07, 6.45) is 2.60. The molecule has 152 valence electrons. The summed E-state index contributed by atoms with van der Waals surface area (Å²) in [6.45, 7) is 4.90. The largest absolute Gasteiger partial charge is 0.467 e. The van der Waals surface area contributed by atoms with Crippen molar-refractivity contribution in [2.45, 2.75) is 32.1 Å². The molecule has 1 aliphatic heterocycles. The highest BCUT2D eigenvalue weighted by Crippen LogP contribution is 2.24. The Bertz CT molecular complexity index is 907. The zero-order valence-corrected chi connectivity index (χ0v) is 17.1. The lowest BCUT2D eigenvalue weighted by Gasteiger charge is -2.08. The van der Waals surface area contributed by atoms with Crippen LogP contribution in [0.3, 0.4) is 0 Å². The molecule has 2 amide bonds. The van der Waals surface area contributed by atoms with Crippen LogP contribution < -0.4 is 16.1 Å². The number of aliphatic imine (C=N–C) groups is 1. The van der Waals surface area contributed by atoms with Crippen LogP contribution in [0.5, 0.6) is 0 Å². The molecule has 0 spiro atoms. The maximum absolute atomic E-state index is 11.9. The summed E-state index contributed by atoms with van der Waals surface area (Å²) in [6, 6.07) is 11.0. The van der Waals surface area contributed by atoms with Gasteiger partial charge in [-0.05, 0) is 43.2 Å². The Labute approximate surface area is 173 Å². The molecule has 2 aromatic rings. The van der Waals surface area contributed by atoms with Gasteiger partial charge in [-0.15, -0.1) is 0 Å². The molecule has 3 rings (SSSR count). The Morgan fingerprint density at radius 2 is 2.03 bits per heavy atom. The van der Waals surface area contributed by atoms with Crippen molar-refractivity contribution in [1.82, 2.24) is 10.7 Å². The second-order valence-electron chi connectivity index (χ2n) is 6.40. The van der Waals surface area contributed by atoms with E-state index in [1.807, 2.05) is 24.3 Å². The van der Waals surface area contributed by atoms with Gasteiger partial charge in [0.1, 0.15) is 5.76 Å². The molecule has 0 unspecified atom stereocenters. The number of thioether (sulfide) groups is 1. The number of benzene rings is 1. The molecule has 2 heterocycles. The summed E-state index contributed by atoms with van der Waals surface area (Å²) in [5, 5.41) is 11.2. The second-order valence-corrected chi connectivity index (χ2v) is 7.69. The normalized spacial score (nSPS) is 16.3. The first kappa shape index (κ1) is 20.7. The number of nitrogens with one attached hydrogen (secondary N) is 3. The van der Waals surface area contributed by atoms with E-state index in [2.05, 4.69) is 33.1 Å². The van der Waals surface area contributed by atoms with E-state index in [9.17, 15) is 9.59 Å². The molecule has 0 fully saturated rings. The smallest absolute Gasteiger partial charge is 0.329 e. The number of furan rings is 1. The standard InChI is InChI=1S/C20H23N5O3S/c1-3-17-12-22-20(29-17)23-15-8-6-14(7-9-15)13(2)24-25-19(27)18(26)21-11-16-5-4-10-28-16/h4-10,17H,3,11-12H2,1-2H3,(H,21,26)(H,22,23)(H,25,27)/b24-13-/t17-/m1/s1. The summed E-state index contributed by atoms with van der Waals surface area (Å²) < 4.78 is 5.09. The fraction of sp³-hybridized carbons (Fsp3) is 0.300. The Morgan fingerprint density at radius 3 is 2.69 bits per heavy atom. The van der Waals surface area contributed by atoms with Crippen LogP contribution in [0.25, 0.3) is 0 Å². The van der Waals surface area contributed by atoms with Crippen LogP contribution in [-0.2, 0) is 16.1 Å². The molecule has 1 aromatic carbocycles. The number of amides is 2. The van der Waals surface area contributed by atoms with E-state index in [1.165, 1.54) is 6.26 Å². The zero-order chi connectivity index (χ0) is 20.6. The minimum absolute atomic E-state index is 0.138. The first-order valence-corrected chi connectivity index (χ1v) is 10.2. The summed E-state index contributed by atoms with van der Waals surface area (Å²) in [5.41, 5.74) is 4.62. The van der Waals surface area contributed by atoms with Crippen LogP contribution in [0.4, 0.5) is 5.69 Å². The molecule has 8 nitrogen and oxygen atoms in total. The minimum atomic E-state index is -0.837. The van der Waals surface area contributed by atoms with E-state index in [-0.39, 0.29) is 6.54 Å². The Morgan fingerprint density at radius 1 is 1.24 bits per heavy atom. The maximum Gasteiger partial charge on any atom is 0.329 e. The molecule has 0 aliphatic carbocycles. The van der Waals surface area contributed by atoms with Gasteiger partial charge in [0, 0.05) is 10.9 Å². The monoisotopic (exact) mass is 413 g/mol. The van der Waals surface area contributed by atoms with Gasteiger partial charge < -0.3 is 15.1 Å². The Kier molecular flexibility index (Phi) is 7.07. The molecule has 1 atom stereocenters. The number of rotatable bonds is 6. The third kappa shape index (κ3) is 5.95. The third-order valence-corrected chi connectivity index (χ3v) is 5.53. The van der Waals surface area contributed by atoms with Crippen LogP contribution >= 0.6 is 11.8 Å². The van der Waals surface area contributed by atoms with Gasteiger partial charge in [-0.1, -0.05) is 30.8 Å². The number of amidine groups is 1. The molecule has 1 aromatic heterocycles. The number of hydrazone groups is 1. The molecule has 0 saturated carbocycles. The van der Waals surface area contributed by atoms with Gasteiger partial charge in [0.15, 0.2) is 5.17 Å². The molecule has 3 N–H and O–H groups in total. The molecular formula is C20H23N5O3S. The second kappa shape index (κ2) is 9.92. The van der Waals surface area contributed by atoms with Crippen LogP contribution in [-0.4, -0.2) is 34.5 Å². The van der Waals surface area contributed by atoms with E-state index >= 15 is 0 Å². The molecule has 0 saturated heterocycles. The highest BCUT2D eigenvalue weighted by atomic mass is 32.2. The van der Waals surface area contributed by atoms with Crippen LogP contribution in [0.15, 0.2) is 57.2 Å². The predicted molar refractivity (Wildman–Crippen MR) is 115 cm³/mol. The summed E-state index contributed by atoms with van der Waals surface area (Å²) in [7, 11) is 0. The molecule has 0 bridgehead atoms. The van der Waals surface area contributed by atoms with Gasteiger partial charge in [-0.25, -0.2) is 5.43 Å². The Hall–Kier alpha value is -3.07. The topological polar surface area (TPSA) is 108 Å². The van der Waals surface area contributed by atoms with Gasteiger partial charge >= 0.3 is 11.8 Å². The van der Waals surface area contributed by atoms with Gasteiger partial charge in [-0.2, -0.15) is 5.10 Å². The maximum atomic E-state index is 11.9. The fourth-order valence-corrected chi connectivity index (χ4v) is 3.48. The lowest BCUT2D eigenvalue weighted by Crippen LogP contribution is -2.37. The van der Waals surface area contributed by atoms with Gasteiger partial charge in [0.05, 0.1) is 25.1 Å². The van der Waals surface area contributed by atoms with Crippen molar-refractivity contribution in [2.24, 2.45) is 10.1 Å². The van der Waals surface area contributed by atoms with Crippen molar-refractivity contribution in [1.29, 1.82) is 0 Å². The molecule has 0 radical (unpaired) electrons. The average Bonchev–Trinajstić information content (AvgIpc) is 3.42. The van der Waals surface area contributed by atoms with E-state index in [4.69, 9.17) is 4.42 Å². The molecule has 9 heteroatoms. The summed E-state index contributed by atoms with van der Waals surface area (Å²) in [5.74, 6) is -1.06. The minimum Gasteiger partial charge on any atom is -0.467 e. The van der Waals surface area contributed by atoms with Gasteiger partial charge in [0.25, 0.3) is 0 Å². The van der Waals surface area contributed by atoms with Crippen molar-refractivity contribution < 1.29 is 14.0 Å². The fourth-order valence-electron chi connectivity index (χ4n) is 2.53. The lowest BCUT2D eigenvalue weighted by molar-refractivity contribution is -0.139. The first-order valence-electron chi connectivity index (χ1n) is 9.28. The Balaban J connectivity index is 1.48.